The van der Waals surface area contributed by atoms with Crippen molar-refractivity contribution in [3.05, 3.63) is 81.8 Å². The summed E-state index contributed by atoms with van der Waals surface area (Å²) in [5.41, 5.74) is 2.16. The fourth-order valence-electron chi connectivity index (χ4n) is 2.63. The van der Waals surface area contributed by atoms with Crippen LogP contribution in [-0.4, -0.2) is 11.0 Å². The van der Waals surface area contributed by atoms with Gasteiger partial charge in [-0.2, -0.15) is 0 Å². The van der Waals surface area contributed by atoms with Crippen LogP contribution in [0.3, 0.4) is 0 Å². The Morgan fingerprint density at radius 3 is 2.41 bits per heavy atom. The number of benzene rings is 3. The van der Waals surface area contributed by atoms with E-state index in [2.05, 4.69) is 15.6 Å². The number of nitrogens with zero attached hydrogens (tertiary/aromatic N) is 1. The van der Waals surface area contributed by atoms with Gasteiger partial charge in [0.25, 0.3) is 0 Å². The molecule has 146 valence electrons. The maximum absolute atomic E-state index is 12.1. The number of halogens is 2. The lowest BCUT2D eigenvalue weighted by molar-refractivity contribution is 0.262. The standard InChI is InChI=1S/C21H15Cl2N3O2S/c22-16-10-7-14(11-17(16)23)25-21(27)24-13-5-8-15(9-6-13)28-12-20-26-18-3-1-2-4-19(18)29-20/h1-11H,12H2,(H2,24,25,27). The van der Waals surface area contributed by atoms with Crippen molar-refractivity contribution in [2.45, 2.75) is 6.61 Å². The van der Waals surface area contributed by atoms with E-state index in [1.807, 2.05) is 24.3 Å². The zero-order valence-electron chi connectivity index (χ0n) is 15.0. The molecular weight excluding hydrogens is 429 g/mol. The molecule has 3 aromatic carbocycles. The minimum Gasteiger partial charge on any atom is -0.486 e. The number of ether oxygens (including phenoxy) is 1. The summed E-state index contributed by atoms with van der Waals surface area (Å²) < 4.78 is 6.93. The molecule has 1 aromatic heterocycles. The zero-order chi connectivity index (χ0) is 20.2. The van der Waals surface area contributed by atoms with Crippen molar-refractivity contribution in [1.82, 2.24) is 4.98 Å². The van der Waals surface area contributed by atoms with Crippen molar-refractivity contribution < 1.29 is 9.53 Å². The molecule has 0 fully saturated rings. The monoisotopic (exact) mass is 443 g/mol. The number of thiazole rings is 1. The van der Waals surface area contributed by atoms with Crippen LogP contribution in [0.5, 0.6) is 5.75 Å². The molecule has 5 nitrogen and oxygen atoms in total. The quantitative estimate of drug-likeness (QED) is 0.355. The molecule has 8 heteroatoms. The molecule has 0 aliphatic heterocycles. The summed E-state index contributed by atoms with van der Waals surface area (Å²) in [7, 11) is 0. The number of para-hydroxylation sites is 1. The van der Waals surface area contributed by atoms with E-state index >= 15 is 0 Å². The van der Waals surface area contributed by atoms with Gasteiger partial charge in [0.2, 0.25) is 0 Å². The van der Waals surface area contributed by atoms with E-state index in [9.17, 15) is 4.79 Å². The summed E-state index contributed by atoms with van der Waals surface area (Å²) in [6.45, 7) is 0.393. The highest BCUT2D eigenvalue weighted by molar-refractivity contribution is 7.18. The van der Waals surface area contributed by atoms with Crippen LogP contribution in [0, 0.1) is 0 Å². The third kappa shape index (κ3) is 4.98. The highest BCUT2D eigenvalue weighted by Crippen LogP contribution is 2.26. The number of rotatable bonds is 5. The molecule has 2 N–H and O–H groups in total. The summed E-state index contributed by atoms with van der Waals surface area (Å²) in [6, 6.07) is 19.6. The number of carbonyl (C=O) groups is 1. The number of hydrogen-bond donors (Lipinski definition) is 2. The number of urea groups is 1. The second kappa shape index (κ2) is 8.69. The minimum absolute atomic E-state index is 0.374. The van der Waals surface area contributed by atoms with Gasteiger partial charge < -0.3 is 15.4 Å². The summed E-state index contributed by atoms with van der Waals surface area (Å²) in [4.78, 5) is 16.7. The molecule has 29 heavy (non-hydrogen) atoms. The minimum atomic E-state index is -0.383. The summed E-state index contributed by atoms with van der Waals surface area (Å²) in [6.07, 6.45) is 0. The third-order valence-electron chi connectivity index (χ3n) is 3.99. The normalized spacial score (nSPS) is 10.7. The molecule has 0 bridgehead atoms. The molecule has 2 amide bonds. The van der Waals surface area contributed by atoms with Crippen LogP contribution < -0.4 is 15.4 Å². The average Bonchev–Trinajstić information content (AvgIpc) is 3.13. The maximum atomic E-state index is 12.1. The predicted octanol–water partition coefficient (Wildman–Crippen LogP) is 6.83. The molecule has 0 saturated heterocycles. The molecular formula is C21H15Cl2N3O2S. The van der Waals surface area contributed by atoms with Gasteiger partial charge in [-0.25, -0.2) is 9.78 Å². The number of nitrogens with one attached hydrogen (secondary N) is 2. The van der Waals surface area contributed by atoms with E-state index in [0.29, 0.717) is 33.8 Å². The summed E-state index contributed by atoms with van der Waals surface area (Å²) in [5.74, 6) is 0.694. The molecule has 0 radical (unpaired) electrons. The zero-order valence-corrected chi connectivity index (χ0v) is 17.3. The summed E-state index contributed by atoms with van der Waals surface area (Å²) in [5, 5.41) is 7.17. The Bertz CT molecular complexity index is 1130. The number of fused-ring (bicyclic) bond motifs is 1. The summed E-state index contributed by atoms with van der Waals surface area (Å²) >= 11 is 13.4. The van der Waals surface area contributed by atoms with Gasteiger partial charge in [-0.3, -0.25) is 0 Å². The smallest absolute Gasteiger partial charge is 0.323 e. The largest absolute Gasteiger partial charge is 0.486 e. The van der Waals surface area contributed by atoms with Crippen LogP contribution in [0.15, 0.2) is 66.7 Å². The molecule has 4 rings (SSSR count). The molecule has 0 saturated carbocycles. The SMILES string of the molecule is O=C(Nc1ccc(OCc2nc3ccccc3s2)cc1)Nc1ccc(Cl)c(Cl)c1. The maximum Gasteiger partial charge on any atom is 0.323 e. The van der Waals surface area contributed by atoms with Gasteiger partial charge >= 0.3 is 6.03 Å². The molecule has 4 aromatic rings. The fourth-order valence-corrected chi connectivity index (χ4v) is 3.81. The fraction of sp³-hybridized carbons (Fsp3) is 0.0476. The van der Waals surface area contributed by atoms with E-state index < -0.39 is 0 Å². The highest BCUT2D eigenvalue weighted by Gasteiger charge is 2.07. The molecule has 0 aliphatic rings. The Labute approximate surface area is 181 Å². The van der Waals surface area contributed by atoms with Gasteiger partial charge in [-0.1, -0.05) is 35.3 Å². The van der Waals surface area contributed by atoms with Gasteiger partial charge in [0.05, 0.1) is 20.3 Å². The van der Waals surface area contributed by atoms with Crippen LogP contribution in [0.4, 0.5) is 16.2 Å². The number of anilines is 2. The first-order valence-electron chi connectivity index (χ1n) is 8.67. The van der Waals surface area contributed by atoms with Crippen molar-refractivity contribution in [2.24, 2.45) is 0 Å². The van der Waals surface area contributed by atoms with Crippen molar-refractivity contribution in [1.29, 1.82) is 0 Å². The first-order valence-corrected chi connectivity index (χ1v) is 10.2. The molecule has 0 atom stereocenters. The van der Waals surface area contributed by atoms with Crippen molar-refractivity contribution in [2.75, 3.05) is 10.6 Å². The second-order valence-corrected chi connectivity index (χ2v) is 8.03. The van der Waals surface area contributed by atoms with Crippen LogP contribution >= 0.6 is 34.5 Å². The van der Waals surface area contributed by atoms with Crippen LogP contribution in [0.25, 0.3) is 10.2 Å². The van der Waals surface area contributed by atoms with E-state index in [1.54, 1.807) is 53.8 Å². The Morgan fingerprint density at radius 1 is 0.931 bits per heavy atom. The van der Waals surface area contributed by atoms with Crippen molar-refractivity contribution in [3.8, 4) is 5.75 Å². The lowest BCUT2D eigenvalue weighted by Crippen LogP contribution is -2.19. The second-order valence-electron chi connectivity index (χ2n) is 6.10. The van der Waals surface area contributed by atoms with Gasteiger partial charge in [0, 0.05) is 11.4 Å². The van der Waals surface area contributed by atoms with Crippen LogP contribution in [-0.2, 0) is 6.61 Å². The topological polar surface area (TPSA) is 63.2 Å². The van der Waals surface area contributed by atoms with Crippen LogP contribution in [0.2, 0.25) is 10.0 Å². The molecule has 0 unspecified atom stereocenters. The number of amides is 2. The van der Waals surface area contributed by atoms with E-state index in [1.165, 1.54) is 0 Å². The lowest BCUT2D eigenvalue weighted by atomic mass is 10.3. The molecule has 0 aliphatic carbocycles. The number of carbonyl (C=O) groups excluding carboxylic acids is 1. The molecule has 0 spiro atoms. The van der Waals surface area contributed by atoms with Gasteiger partial charge in [-0.15, -0.1) is 11.3 Å². The van der Waals surface area contributed by atoms with E-state index in [4.69, 9.17) is 27.9 Å². The third-order valence-corrected chi connectivity index (χ3v) is 5.74. The Balaban J connectivity index is 1.32. The van der Waals surface area contributed by atoms with Gasteiger partial charge in [-0.05, 0) is 54.6 Å². The Morgan fingerprint density at radius 2 is 1.66 bits per heavy atom. The van der Waals surface area contributed by atoms with E-state index in [0.717, 1.165) is 15.2 Å². The number of hydrogen-bond acceptors (Lipinski definition) is 4. The molecule has 1 heterocycles. The highest BCUT2D eigenvalue weighted by atomic mass is 35.5. The average molecular weight is 444 g/mol. The number of aromatic nitrogens is 1. The van der Waals surface area contributed by atoms with Crippen molar-refractivity contribution >= 4 is 62.2 Å². The van der Waals surface area contributed by atoms with Gasteiger partial charge in [0.1, 0.15) is 17.4 Å². The van der Waals surface area contributed by atoms with E-state index in [-0.39, 0.29) is 6.03 Å². The first kappa shape index (κ1) is 19.5. The predicted molar refractivity (Wildman–Crippen MR) is 119 cm³/mol. The Kier molecular flexibility index (Phi) is 5.85. The first-order chi connectivity index (χ1) is 14.1. The van der Waals surface area contributed by atoms with Crippen LogP contribution in [0.1, 0.15) is 5.01 Å². The van der Waals surface area contributed by atoms with Gasteiger partial charge in [0.15, 0.2) is 0 Å². The Hall–Kier alpha value is -2.80. The van der Waals surface area contributed by atoms with Crippen molar-refractivity contribution in [3.63, 3.8) is 0 Å². The lowest BCUT2D eigenvalue weighted by Gasteiger charge is -2.09.